The number of benzene rings is 1. The molecule has 3 aliphatic rings. The first kappa shape index (κ1) is 22.1. The zero-order chi connectivity index (χ0) is 21.6. The van der Waals surface area contributed by atoms with Crippen LogP contribution in [0.15, 0.2) is 12.1 Å². The van der Waals surface area contributed by atoms with Crippen molar-refractivity contribution in [2.45, 2.75) is 31.7 Å². The standard InChI is InChI=1S/C22H33N3O6/c1-23-16-11-17(21-19(12-16)28-7-2-8-31-21)22(27)24-13-15-3-5-25(14-18(15)26)6-4-20-29-9-10-30-20/h11-12,15,18,20,23,26H,2-10,13-14H2,1H3,(H,24,27)/t15-,18?/m0/s1. The van der Waals surface area contributed by atoms with Crippen LogP contribution in [-0.2, 0) is 9.47 Å². The first-order valence-electron chi connectivity index (χ1n) is 11.2. The van der Waals surface area contributed by atoms with E-state index in [2.05, 4.69) is 15.5 Å². The molecule has 2 fully saturated rings. The van der Waals surface area contributed by atoms with Gasteiger partial charge in [-0.25, -0.2) is 0 Å². The maximum absolute atomic E-state index is 13.0. The molecular formula is C22H33N3O6. The number of carbonyl (C=O) groups is 1. The van der Waals surface area contributed by atoms with Crippen LogP contribution in [0.3, 0.4) is 0 Å². The Kier molecular flexibility index (Phi) is 7.49. The topological polar surface area (TPSA) is 102 Å². The minimum absolute atomic E-state index is 0.0161. The molecule has 2 atom stereocenters. The van der Waals surface area contributed by atoms with Crippen LogP contribution in [0.5, 0.6) is 11.5 Å². The lowest BCUT2D eigenvalue weighted by Gasteiger charge is -2.36. The Bertz CT molecular complexity index is 755. The van der Waals surface area contributed by atoms with Crippen molar-refractivity contribution in [2.24, 2.45) is 5.92 Å². The third-order valence-corrected chi connectivity index (χ3v) is 6.08. The van der Waals surface area contributed by atoms with Gasteiger partial charge in [-0.05, 0) is 19.0 Å². The SMILES string of the molecule is CNc1cc2c(c(C(=O)NC[C@@H]3CCN(CCC4OCCO4)CC3O)c1)OCCCO2. The summed E-state index contributed by atoms with van der Waals surface area (Å²) in [6.07, 6.45) is 1.79. The minimum Gasteiger partial charge on any atom is -0.489 e. The van der Waals surface area contributed by atoms with E-state index < -0.39 is 6.10 Å². The van der Waals surface area contributed by atoms with Crippen LogP contribution in [0.2, 0.25) is 0 Å². The highest BCUT2D eigenvalue weighted by atomic mass is 16.7. The van der Waals surface area contributed by atoms with Crippen molar-refractivity contribution >= 4 is 11.6 Å². The van der Waals surface area contributed by atoms with Crippen molar-refractivity contribution in [3.63, 3.8) is 0 Å². The van der Waals surface area contributed by atoms with Crippen molar-refractivity contribution < 1.29 is 28.8 Å². The van der Waals surface area contributed by atoms with Crippen LogP contribution >= 0.6 is 0 Å². The van der Waals surface area contributed by atoms with Crippen LogP contribution in [0.25, 0.3) is 0 Å². The Labute approximate surface area is 183 Å². The van der Waals surface area contributed by atoms with Gasteiger partial charge in [-0.15, -0.1) is 0 Å². The van der Waals surface area contributed by atoms with Gasteiger partial charge in [-0.3, -0.25) is 4.79 Å². The quantitative estimate of drug-likeness (QED) is 0.585. The third kappa shape index (κ3) is 5.60. The number of aliphatic hydroxyl groups excluding tert-OH is 1. The number of anilines is 1. The van der Waals surface area contributed by atoms with E-state index >= 15 is 0 Å². The molecule has 3 heterocycles. The highest BCUT2D eigenvalue weighted by Gasteiger charge is 2.29. The highest BCUT2D eigenvalue weighted by molar-refractivity contribution is 5.99. The summed E-state index contributed by atoms with van der Waals surface area (Å²) in [5, 5.41) is 16.7. The van der Waals surface area contributed by atoms with Gasteiger partial charge in [0, 0.05) is 57.2 Å². The van der Waals surface area contributed by atoms with Gasteiger partial charge >= 0.3 is 0 Å². The summed E-state index contributed by atoms with van der Waals surface area (Å²) >= 11 is 0. The average Bonchev–Trinajstić information content (AvgIpc) is 3.19. The molecule has 3 aliphatic heterocycles. The summed E-state index contributed by atoms with van der Waals surface area (Å²) in [4.78, 5) is 15.2. The van der Waals surface area contributed by atoms with Crippen molar-refractivity contribution in [1.82, 2.24) is 10.2 Å². The Morgan fingerprint density at radius 2 is 2.00 bits per heavy atom. The second kappa shape index (κ2) is 10.5. The fraction of sp³-hybridized carbons (Fsp3) is 0.682. The van der Waals surface area contributed by atoms with Crippen LogP contribution < -0.4 is 20.1 Å². The van der Waals surface area contributed by atoms with Gasteiger partial charge in [0.05, 0.1) is 38.1 Å². The van der Waals surface area contributed by atoms with Gasteiger partial charge in [-0.2, -0.15) is 0 Å². The largest absolute Gasteiger partial charge is 0.489 e. The smallest absolute Gasteiger partial charge is 0.255 e. The number of hydrogen-bond donors (Lipinski definition) is 3. The third-order valence-electron chi connectivity index (χ3n) is 6.08. The zero-order valence-electron chi connectivity index (χ0n) is 18.1. The fourth-order valence-corrected chi connectivity index (χ4v) is 4.25. The molecular weight excluding hydrogens is 402 g/mol. The molecule has 9 nitrogen and oxygen atoms in total. The molecule has 3 N–H and O–H groups in total. The van der Waals surface area contributed by atoms with Crippen LogP contribution in [0.1, 0.15) is 29.6 Å². The number of fused-ring (bicyclic) bond motifs is 1. The maximum Gasteiger partial charge on any atom is 0.255 e. The van der Waals surface area contributed by atoms with Crippen LogP contribution in [0.4, 0.5) is 5.69 Å². The molecule has 4 rings (SSSR count). The number of aliphatic hydroxyl groups is 1. The van der Waals surface area contributed by atoms with Crippen molar-refractivity contribution in [1.29, 1.82) is 0 Å². The maximum atomic E-state index is 13.0. The summed E-state index contributed by atoms with van der Waals surface area (Å²) in [5.74, 6) is 0.866. The molecule has 1 aromatic carbocycles. The molecule has 2 saturated heterocycles. The summed E-state index contributed by atoms with van der Waals surface area (Å²) < 4.78 is 22.5. The molecule has 1 unspecified atom stereocenters. The van der Waals surface area contributed by atoms with Gasteiger partial charge in [0.15, 0.2) is 17.8 Å². The number of ether oxygens (including phenoxy) is 4. The van der Waals surface area contributed by atoms with Gasteiger partial charge < -0.3 is 39.6 Å². The molecule has 0 bridgehead atoms. The van der Waals surface area contributed by atoms with Crippen molar-refractivity contribution in [2.75, 3.05) is 65.0 Å². The Morgan fingerprint density at radius 3 is 2.77 bits per heavy atom. The second-order valence-corrected chi connectivity index (χ2v) is 8.24. The number of nitrogens with zero attached hydrogens (tertiary/aromatic N) is 1. The predicted molar refractivity (Wildman–Crippen MR) is 115 cm³/mol. The molecule has 172 valence electrons. The first-order valence-corrected chi connectivity index (χ1v) is 11.2. The summed E-state index contributed by atoms with van der Waals surface area (Å²) in [5.41, 5.74) is 1.24. The molecule has 0 aromatic heterocycles. The van der Waals surface area contributed by atoms with E-state index in [1.165, 1.54) is 0 Å². The molecule has 0 radical (unpaired) electrons. The number of nitrogens with one attached hydrogen (secondary N) is 2. The number of amides is 1. The Morgan fingerprint density at radius 1 is 1.19 bits per heavy atom. The highest BCUT2D eigenvalue weighted by Crippen LogP contribution is 2.36. The van der Waals surface area contributed by atoms with E-state index in [4.69, 9.17) is 18.9 Å². The lowest BCUT2D eigenvalue weighted by molar-refractivity contribution is -0.0576. The summed E-state index contributed by atoms with van der Waals surface area (Å²) in [6, 6.07) is 3.62. The normalized spacial score (nSPS) is 24.6. The number of β-amino-alcohol motifs (C(OH)–C–C–N with tert-alkyl or cyclic N) is 1. The molecule has 0 saturated carbocycles. The average molecular weight is 436 g/mol. The molecule has 0 spiro atoms. The van der Waals surface area contributed by atoms with Gasteiger partial charge in [-0.1, -0.05) is 0 Å². The minimum atomic E-state index is -0.486. The van der Waals surface area contributed by atoms with E-state index in [9.17, 15) is 9.90 Å². The van der Waals surface area contributed by atoms with Gasteiger partial charge in [0.1, 0.15) is 0 Å². The van der Waals surface area contributed by atoms with E-state index in [0.29, 0.717) is 56.6 Å². The monoisotopic (exact) mass is 435 g/mol. The van der Waals surface area contributed by atoms with Gasteiger partial charge in [0.25, 0.3) is 5.91 Å². The molecule has 31 heavy (non-hydrogen) atoms. The fourth-order valence-electron chi connectivity index (χ4n) is 4.25. The van der Waals surface area contributed by atoms with Crippen molar-refractivity contribution in [3.8, 4) is 11.5 Å². The molecule has 0 aliphatic carbocycles. The number of likely N-dealkylation sites (tertiary alicyclic amines) is 1. The van der Waals surface area contributed by atoms with E-state index in [1.807, 2.05) is 6.07 Å². The Balaban J connectivity index is 1.31. The molecule has 9 heteroatoms. The van der Waals surface area contributed by atoms with E-state index in [-0.39, 0.29) is 18.1 Å². The Hall–Kier alpha value is -2.07. The van der Waals surface area contributed by atoms with E-state index in [0.717, 1.165) is 38.0 Å². The van der Waals surface area contributed by atoms with Crippen molar-refractivity contribution in [3.05, 3.63) is 17.7 Å². The first-order chi connectivity index (χ1) is 15.1. The molecule has 1 amide bonds. The van der Waals surface area contributed by atoms with Crippen LogP contribution in [-0.4, -0.2) is 88.0 Å². The van der Waals surface area contributed by atoms with E-state index in [1.54, 1.807) is 13.1 Å². The van der Waals surface area contributed by atoms with Crippen LogP contribution in [0, 0.1) is 5.92 Å². The summed E-state index contributed by atoms with van der Waals surface area (Å²) in [6.45, 7) is 5.12. The number of rotatable bonds is 7. The lowest BCUT2D eigenvalue weighted by atomic mass is 9.93. The number of carbonyl (C=O) groups excluding carboxylic acids is 1. The summed E-state index contributed by atoms with van der Waals surface area (Å²) in [7, 11) is 1.80. The molecule has 1 aromatic rings. The lowest BCUT2D eigenvalue weighted by Crippen LogP contribution is -2.48. The van der Waals surface area contributed by atoms with Gasteiger partial charge in [0.2, 0.25) is 0 Å². The number of piperidine rings is 1. The zero-order valence-corrected chi connectivity index (χ0v) is 18.1. The second-order valence-electron chi connectivity index (χ2n) is 8.24. The number of hydrogen-bond acceptors (Lipinski definition) is 8. The predicted octanol–water partition coefficient (Wildman–Crippen LogP) is 1.07.